The molecule has 2 N–H and O–H groups in total. The SMILES string of the molecule is COc1cccc([C@@]2(O)CC[S@](=O)C[C@H]2C[NH+](C)C)c1. The molecule has 20 heavy (non-hydrogen) atoms. The first-order chi connectivity index (χ1) is 9.45. The first-order valence-corrected chi connectivity index (χ1v) is 8.45. The van der Waals surface area contributed by atoms with Crippen molar-refractivity contribution in [3.05, 3.63) is 29.8 Å². The minimum absolute atomic E-state index is 0.00851. The molecule has 1 aliphatic heterocycles. The van der Waals surface area contributed by atoms with E-state index in [0.29, 0.717) is 17.9 Å². The molecule has 5 heteroatoms. The molecule has 1 aromatic rings. The Morgan fingerprint density at radius 3 is 2.90 bits per heavy atom. The zero-order chi connectivity index (χ0) is 14.8. The minimum atomic E-state index is -0.903. The smallest absolute Gasteiger partial charge is 0.119 e. The highest BCUT2D eigenvalue weighted by molar-refractivity contribution is 7.85. The van der Waals surface area contributed by atoms with E-state index in [1.54, 1.807) is 7.11 Å². The Labute approximate surface area is 123 Å². The monoisotopic (exact) mass is 298 g/mol. The van der Waals surface area contributed by atoms with Crippen molar-refractivity contribution in [1.29, 1.82) is 0 Å². The predicted octanol–water partition coefficient (Wildman–Crippen LogP) is -0.204. The average molecular weight is 298 g/mol. The third-order valence-electron chi connectivity index (χ3n) is 4.00. The van der Waals surface area contributed by atoms with Gasteiger partial charge >= 0.3 is 0 Å². The van der Waals surface area contributed by atoms with Gasteiger partial charge in [0, 0.05) is 22.3 Å². The topological polar surface area (TPSA) is 51.0 Å². The van der Waals surface area contributed by atoms with Gasteiger partial charge in [-0.2, -0.15) is 0 Å². The number of hydrogen-bond acceptors (Lipinski definition) is 3. The molecule has 1 aromatic carbocycles. The van der Waals surface area contributed by atoms with Gasteiger partial charge in [-0.1, -0.05) is 12.1 Å². The summed E-state index contributed by atoms with van der Waals surface area (Å²) in [6.07, 6.45) is 0.546. The minimum Gasteiger partial charge on any atom is -0.497 e. The lowest BCUT2D eigenvalue weighted by Gasteiger charge is -2.40. The predicted molar refractivity (Wildman–Crippen MR) is 80.6 cm³/mol. The van der Waals surface area contributed by atoms with Crippen LogP contribution in [0, 0.1) is 5.92 Å². The molecule has 0 radical (unpaired) electrons. The van der Waals surface area contributed by atoms with Crippen molar-refractivity contribution < 1.29 is 19.0 Å². The van der Waals surface area contributed by atoms with Gasteiger partial charge in [-0.3, -0.25) is 4.21 Å². The van der Waals surface area contributed by atoms with E-state index in [-0.39, 0.29) is 5.92 Å². The lowest BCUT2D eigenvalue weighted by molar-refractivity contribution is -0.863. The lowest BCUT2D eigenvalue weighted by Crippen LogP contribution is -3.07. The Bertz CT molecular complexity index is 492. The molecule has 2 rings (SSSR count). The van der Waals surface area contributed by atoms with Crippen molar-refractivity contribution in [1.82, 2.24) is 0 Å². The highest BCUT2D eigenvalue weighted by atomic mass is 32.2. The summed E-state index contributed by atoms with van der Waals surface area (Å²) in [6, 6.07) is 7.61. The summed E-state index contributed by atoms with van der Waals surface area (Å²) in [5.74, 6) is 1.89. The summed E-state index contributed by atoms with van der Waals surface area (Å²) in [7, 11) is 4.92. The number of hydrogen-bond donors (Lipinski definition) is 2. The van der Waals surface area contributed by atoms with Gasteiger partial charge in [-0.25, -0.2) is 0 Å². The largest absolute Gasteiger partial charge is 0.497 e. The molecule has 3 atom stereocenters. The highest BCUT2D eigenvalue weighted by Crippen LogP contribution is 2.38. The van der Waals surface area contributed by atoms with Gasteiger partial charge in [0.05, 0.1) is 39.3 Å². The number of quaternary nitrogens is 1. The van der Waals surface area contributed by atoms with Crippen molar-refractivity contribution in [2.45, 2.75) is 12.0 Å². The van der Waals surface area contributed by atoms with Crippen LogP contribution in [0.2, 0.25) is 0 Å². The van der Waals surface area contributed by atoms with Crippen LogP contribution in [-0.4, -0.2) is 48.6 Å². The number of nitrogens with one attached hydrogen (secondary N) is 1. The van der Waals surface area contributed by atoms with Crippen LogP contribution in [0.5, 0.6) is 5.75 Å². The van der Waals surface area contributed by atoms with E-state index in [2.05, 4.69) is 14.1 Å². The third-order valence-corrected chi connectivity index (χ3v) is 5.43. The van der Waals surface area contributed by atoms with Crippen LogP contribution in [0.3, 0.4) is 0 Å². The molecule has 112 valence electrons. The van der Waals surface area contributed by atoms with Gasteiger partial charge in [0.15, 0.2) is 0 Å². The van der Waals surface area contributed by atoms with E-state index in [1.807, 2.05) is 24.3 Å². The van der Waals surface area contributed by atoms with Crippen LogP contribution in [0.1, 0.15) is 12.0 Å². The summed E-state index contributed by atoms with van der Waals surface area (Å²) >= 11 is 0. The highest BCUT2D eigenvalue weighted by Gasteiger charge is 2.44. The van der Waals surface area contributed by atoms with Crippen LogP contribution in [0.25, 0.3) is 0 Å². The molecule has 0 aromatic heterocycles. The molecule has 0 saturated carbocycles. The van der Waals surface area contributed by atoms with Crippen molar-refractivity contribution >= 4 is 10.8 Å². The zero-order valence-corrected chi connectivity index (χ0v) is 13.2. The van der Waals surface area contributed by atoms with E-state index in [4.69, 9.17) is 4.74 Å². The summed E-state index contributed by atoms with van der Waals surface area (Å²) in [5.41, 5.74) is -0.0282. The van der Waals surface area contributed by atoms with Gasteiger partial charge in [0.2, 0.25) is 0 Å². The van der Waals surface area contributed by atoms with E-state index in [0.717, 1.165) is 17.9 Å². The van der Waals surface area contributed by atoms with Gasteiger partial charge in [-0.15, -0.1) is 0 Å². The molecule has 0 unspecified atom stereocenters. The molecule has 1 saturated heterocycles. The van der Waals surface area contributed by atoms with Crippen molar-refractivity contribution in [3.63, 3.8) is 0 Å². The second-order valence-electron chi connectivity index (χ2n) is 5.82. The quantitative estimate of drug-likeness (QED) is 0.809. The fraction of sp³-hybridized carbons (Fsp3) is 0.600. The molecule has 4 nitrogen and oxygen atoms in total. The van der Waals surface area contributed by atoms with Gasteiger partial charge < -0.3 is 14.7 Å². The Kier molecular flexibility index (Phi) is 4.83. The molecule has 0 spiro atoms. The normalized spacial score (nSPS) is 30.4. The lowest BCUT2D eigenvalue weighted by atomic mass is 9.79. The molecular weight excluding hydrogens is 274 g/mol. The Morgan fingerprint density at radius 2 is 2.25 bits per heavy atom. The summed E-state index contributed by atoms with van der Waals surface area (Å²) < 4.78 is 17.1. The maximum atomic E-state index is 11.9. The molecule has 0 aliphatic carbocycles. The number of ether oxygens (including phenoxy) is 1. The van der Waals surface area contributed by atoms with E-state index in [1.165, 1.54) is 4.90 Å². The van der Waals surface area contributed by atoms with Crippen LogP contribution >= 0.6 is 0 Å². The molecule has 1 aliphatic rings. The maximum absolute atomic E-state index is 11.9. The number of methoxy groups -OCH3 is 1. The number of aliphatic hydroxyl groups is 1. The first kappa shape index (κ1) is 15.5. The molecule has 0 amide bonds. The summed E-state index contributed by atoms with van der Waals surface area (Å²) in [4.78, 5) is 1.26. The second-order valence-corrected chi connectivity index (χ2v) is 7.45. The molecule has 1 fully saturated rings. The Morgan fingerprint density at radius 1 is 1.50 bits per heavy atom. The van der Waals surface area contributed by atoms with Crippen LogP contribution in [-0.2, 0) is 16.4 Å². The Hall–Kier alpha value is -0.910. The molecule has 1 heterocycles. The van der Waals surface area contributed by atoms with Crippen LogP contribution < -0.4 is 9.64 Å². The van der Waals surface area contributed by atoms with Gasteiger partial charge in [0.25, 0.3) is 0 Å². The fourth-order valence-corrected chi connectivity index (χ4v) is 4.46. The van der Waals surface area contributed by atoms with Gasteiger partial charge in [0.1, 0.15) is 5.75 Å². The summed E-state index contributed by atoms with van der Waals surface area (Å²) in [6.45, 7) is 0.805. The summed E-state index contributed by atoms with van der Waals surface area (Å²) in [5, 5.41) is 11.2. The van der Waals surface area contributed by atoms with E-state index in [9.17, 15) is 9.32 Å². The second kappa shape index (κ2) is 6.24. The van der Waals surface area contributed by atoms with E-state index >= 15 is 0 Å². The van der Waals surface area contributed by atoms with Crippen molar-refractivity contribution in [2.24, 2.45) is 5.92 Å². The third kappa shape index (κ3) is 3.22. The first-order valence-electron chi connectivity index (χ1n) is 6.96. The zero-order valence-electron chi connectivity index (χ0n) is 12.4. The standard InChI is InChI=1S/C15H23NO3S/c1-16(2)10-13-11-20(18)8-7-15(13,17)12-5-4-6-14(9-12)19-3/h4-6,9,13,17H,7-8,10-11H2,1-3H3/p+1/t13-,15+,20+/m1/s1. The van der Waals surface area contributed by atoms with Crippen LogP contribution in [0.4, 0.5) is 0 Å². The fourth-order valence-electron chi connectivity index (χ4n) is 2.91. The number of rotatable bonds is 4. The number of benzene rings is 1. The van der Waals surface area contributed by atoms with Crippen LogP contribution in [0.15, 0.2) is 24.3 Å². The maximum Gasteiger partial charge on any atom is 0.119 e. The Balaban J connectivity index is 2.34. The van der Waals surface area contributed by atoms with Gasteiger partial charge in [-0.05, 0) is 24.1 Å². The van der Waals surface area contributed by atoms with Crippen molar-refractivity contribution in [2.75, 3.05) is 39.3 Å². The van der Waals surface area contributed by atoms with E-state index < -0.39 is 16.4 Å². The molecule has 0 bridgehead atoms. The average Bonchev–Trinajstić information content (AvgIpc) is 2.42. The molecular formula is C15H24NO3S+. The van der Waals surface area contributed by atoms with Crippen molar-refractivity contribution in [3.8, 4) is 5.75 Å².